The third-order valence-corrected chi connectivity index (χ3v) is 3.52. The Bertz CT molecular complexity index is 574. The van der Waals surface area contributed by atoms with Gasteiger partial charge in [-0.3, -0.25) is 0 Å². The minimum absolute atomic E-state index is 0.0634. The van der Waals surface area contributed by atoms with Crippen LogP contribution in [0.2, 0.25) is 0 Å². The molecule has 0 fully saturated rings. The standard InChI is InChI=1S/C15H15BrFNO/c1-10(12-5-3-4-6-15(12)19-2)18-11-7-8-14(17)13(16)9-11/h3-10,18H,1-2H3. The van der Waals surface area contributed by atoms with Crippen molar-refractivity contribution in [1.29, 1.82) is 0 Å². The topological polar surface area (TPSA) is 21.3 Å². The monoisotopic (exact) mass is 323 g/mol. The van der Waals surface area contributed by atoms with Crippen molar-refractivity contribution in [1.82, 2.24) is 0 Å². The van der Waals surface area contributed by atoms with Crippen LogP contribution in [0.15, 0.2) is 46.9 Å². The molecule has 0 aliphatic carbocycles. The van der Waals surface area contributed by atoms with Crippen LogP contribution in [0, 0.1) is 5.82 Å². The SMILES string of the molecule is COc1ccccc1C(C)Nc1ccc(F)c(Br)c1. The Morgan fingerprint density at radius 1 is 1.21 bits per heavy atom. The minimum atomic E-state index is -0.268. The van der Waals surface area contributed by atoms with E-state index in [0.717, 1.165) is 17.0 Å². The summed E-state index contributed by atoms with van der Waals surface area (Å²) >= 11 is 3.18. The molecule has 0 spiro atoms. The van der Waals surface area contributed by atoms with E-state index in [0.29, 0.717) is 4.47 Å². The Morgan fingerprint density at radius 2 is 1.95 bits per heavy atom. The van der Waals surface area contributed by atoms with Crippen molar-refractivity contribution in [3.05, 3.63) is 58.3 Å². The summed E-state index contributed by atoms with van der Waals surface area (Å²) in [5, 5.41) is 3.32. The first-order chi connectivity index (χ1) is 9.11. The van der Waals surface area contributed by atoms with Gasteiger partial charge in [0.1, 0.15) is 11.6 Å². The molecule has 0 saturated heterocycles. The molecule has 2 rings (SSSR count). The first kappa shape index (κ1) is 13.9. The molecular formula is C15H15BrFNO. The van der Waals surface area contributed by atoms with Gasteiger partial charge in [0.25, 0.3) is 0 Å². The molecule has 100 valence electrons. The number of methoxy groups -OCH3 is 1. The molecule has 0 amide bonds. The maximum Gasteiger partial charge on any atom is 0.137 e. The highest BCUT2D eigenvalue weighted by molar-refractivity contribution is 9.10. The Balaban J connectivity index is 2.20. The maximum atomic E-state index is 13.2. The quantitative estimate of drug-likeness (QED) is 0.875. The molecule has 1 atom stereocenters. The molecule has 1 N–H and O–H groups in total. The average Bonchev–Trinajstić information content (AvgIpc) is 2.43. The molecule has 0 aliphatic heterocycles. The van der Waals surface area contributed by atoms with E-state index in [1.807, 2.05) is 31.2 Å². The lowest BCUT2D eigenvalue weighted by molar-refractivity contribution is 0.408. The molecule has 0 heterocycles. The van der Waals surface area contributed by atoms with Crippen LogP contribution in [0.4, 0.5) is 10.1 Å². The average molecular weight is 324 g/mol. The third-order valence-electron chi connectivity index (χ3n) is 2.91. The first-order valence-corrected chi connectivity index (χ1v) is 6.75. The fraction of sp³-hybridized carbons (Fsp3) is 0.200. The van der Waals surface area contributed by atoms with Crippen molar-refractivity contribution >= 4 is 21.6 Å². The van der Waals surface area contributed by atoms with Crippen molar-refractivity contribution in [2.75, 3.05) is 12.4 Å². The summed E-state index contributed by atoms with van der Waals surface area (Å²) in [5.74, 6) is 0.569. The summed E-state index contributed by atoms with van der Waals surface area (Å²) in [6.45, 7) is 2.04. The second-order valence-corrected chi connectivity index (χ2v) is 5.09. The van der Waals surface area contributed by atoms with E-state index in [1.165, 1.54) is 6.07 Å². The Kier molecular flexibility index (Phi) is 4.43. The van der Waals surface area contributed by atoms with E-state index < -0.39 is 0 Å². The van der Waals surface area contributed by atoms with Gasteiger partial charge < -0.3 is 10.1 Å². The van der Waals surface area contributed by atoms with Crippen LogP contribution < -0.4 is 10.1 Å². The predicted octanol–water partition coefficient (Wildman–Crippen LogP) is 4.77. The summed E-state index contributed by atoms with van der Waals surface area (Å²) in [4.78, 5) is 0. The molecule has 19 heavy (non-hydrogen) atoms. The van der Waals surface area contributed by atoms with Gasteiger partial charge >= 0.3 is 0 Å². The number of nitrogens with one attached hydrogen (secondary N) is 1. The molecule has 1 unspecified atom stereocenters. The molecule has 2 nitrogen and oxygen atoms in total. The number of rotatable bonds is 4. The molecule has 0 bridgehead atoms. The lowest BCUT2D eigenvalue weighted by Crippen LogP contribution is -2.08. The first-order valence-electron chi connectivity index (χ1n) is 5.96. The number of halogens is 2. The highest BCUT2D eigenvalue weighted by Crippen LogP contribution is 2.28. The molecule has 2 aromatic carbocycles. The summed E-state index contributed by atoms with van der Waals surface area (Å²) in [6, 6.07) is 12.8. The van der Waals surface area contributed by atoms with Crippen LogP contribution in [-0.4, -0.2) is 7.11 Å². The van der Waals surface area contributed by atoms with Gasteiger partial charge in [-0.15, -0.1) is 0 Å². The Hall–Kier alpha value is -1.55. The van der Waals surface area contributed by atoms with E-state index in [1.54, 1.807) is 19.2 Å². The minimum Gasteiger partial charge on any atom is -0.496 e. The van der Waals surface area contributed by atoms with Gasteiger partial charge in [-0.1, -0.05) is 18.2 Å². The van der Waals surface area contributed by atoms with Crippen molar-refractivity contribution < 1.29 is 9.13 Å². The summed E-state index contributed by atoms with van der Waals surface area (Å²) < 4.78 is 19.0. The van der Waals surface area contributed by atoms with Gasteiger partial charge in [-0.05, 0) is 47.1 Å². The van der Waals surface area contributed by atoms with E-state index in [2.05, 4.69) is 21.2 Å². The van der Waals surface area contributed by atoms with E-state index in [4.69, 9.17) is 4.74 Å². The largest absolute Gasteiger partial charge is 0.496 e. The number of hydrogen-bond acceptors (Lipinski definition) is 2. The lowest BCUT2D eigenvalue weighted by atomic mass is 10.1. The van der Waals surface area contributed by atoms with Crippen molar-refractivity contribution in [2.45, 2.75) is 13.0 Å². The zero-order valence-electron chi connectivity index (χ0n) is 10.8. The summed E-state index contributed by atoms with van der Waals surface area (Å²) in [5.41, 5.74) is 1.91. The fourth-order valence-electron chi connectivity index (χ4n) is 1.94. The maximum absolute atomic E-state index is 13.2. The molecular weight excluding hydrogens is 309 g/mol. The van der Waals surface area contributed by atoms with Crippen LogP contribution >= 0.6 is 15.9 Å². The predicted molar refractivity (Wildman–Crippen MR) is 79.1 cm³/mol. The van der Waals surface area contributed by atoms with E-state index in [-0.39, 0.29) is 11.9 Å². The normalized spacial score (nSPS) is 12.0. The number of benzene rings is 2. The molecule has 0 aliphatic rings. The van der Waals surface area contributed by atoms with Crippen LogP contribution in [-0.2, 0) is 0 Å². The number of ether oxygens (including phenoxy) is 1. The second-order valence-electron chi connectivity index (χ2n) is 4.24. The number of hydrogen-bond donors (Lipinski definition) is 1. The van der Waals surface area contributed by atoms with Crippen molar-refractivity contribution in [3.8, 4) is 5.75 Å². The third kappa shape index (κ3) is 3.26. The van der Waals surface area contributed by atoms with Gasteiger partial charge in [0, 0.05) is 11.3 Å². The summed E-state index contributed by atoms with van der Waals surface area (Å²) in [7, 11) is 1.65. The van der Waals surface area contributed by atoms with Crippen LogP contribution in [0.1, 0.15) is 18.5 Å². The van der Waals surface area contributed by atoms with E-state index >= 15 is 0 Å². The van der Waals surface area contributed by atoms with Crippen LogP contribution in [0.3, 0.4) is 0 Å². The lowest BCUT2D eigenvalue weighted by Gasteiger charge is -2.18. The molecule has 0 aromatic heterocycles. The Labute approximate surface area is 120 Å². The van der Waals surface area contributed by atoms with Crippen molar-refractivity contribution in [3.63, 3.8) is 0 Å². The fourth-order valence-corrected chi connectivity index (χ4v) is 2.32. The Morgan fingerprint density at radius 3 is 2.63 bits per heavy atom. The van der Waals surface area contributed by atoms with Crippen LogP contribution in [0.25, 0.3) is 0 Å². The zero-order chi connectivity index (χ0) is 13.8. The molecule has 2 aromatic rings. The molecule has 4 heteroatoms. The van der Waals surface area contributed by atoms with Gasteiger partial charge in [0.2, 0.25) is 0 Å². The zero-order valence-corrected chi connectivity index (χ0v) is 12.4. The van der Waals surface area contributed by atoms with Crippen molar-refractivity contribution in [2.24, 2.45) is 0 Å². The van der Waals surface area contributed by atoms with Gasteiger partial charge in [0.05, 0.1) is 17.6 Å². The number of para-hydroxylation sites is 1. The number of anilines is 1. The second kappa shape index (κ2) is 6.06. The van der Waals surface area contributed by atoms with Gasteiger partial charge in [-0.2, -0.15) is 0 Å². The van der Waals surface area contributed by atoms with Crippen LogP contribution in [0.5, 0.6) is 5.75 Å². The molecule has 0 radical (unpaired) electrons. The highest BCUT2D eigenvalue weighted by atomic mass is 79.9. The molecule has 0 saturated carbocycles. The smallest absolute Gasteiger partial charge is 0.137 e. The van der Waals surface area contributed by atoms with Gasteiger partial charge in [-0.25, -0.2) is 4.39 Å². The van der Waals surface area contributed by atoms with E-state index in [9.17, 15) is 4.39 Å². The summed E-state index contributed by atoms with van der Waals surface area (Å²) in [6.07, 6.45) is 0. The van der Waals surface area contributed by atoms with Gasteiger partial charge in [0.15, 0.2) is 0 Å². The highest BCUT2D eigenvalue weighted by Gasteiger charge is 2.11.